The van der Waals surface area contributed by atoms with Crippen LogP contribution < -0.4 is 0 Å². The summed E-state index contributed by atoms with van der Waals surface area (Å²) in [4.78, 5) is 0.0248. The summed E-state index contributed by atoms with van der Waals surface area (Å²) < 4.78 is 21.9. The van der Waals surface area contributed by atoms with Gasteiger partial charge in [0.2, 0.25) is 0 Å². The quantitative estimate of drug-likeness (QED) is 0.628. The lowest BCUT2D eigenvalue weighted by atomic mass is 10.2. The van der Waals surface area contributed by atoms with Crippen LogP contribution in [0, 0.1) is 11.3 Å². The van der Waals surface area contributed by atoms with Gasteiger partial charge in [-0.15, -0.1) is 12.6 Å². The van der Waals surface area contributed by atoms with Crippen LogP contribution in [0.15, 0.2) is 21.9 Å². The molecule has 0 saturated carbocycles. The van der Waals surface area contributed by atoms with Gasteiger partial charge in [-0.3, -0.25) is 0 Å². The SMILES string of the molecule is N#Cc1cc(S(=O)(=O)Cl)cc(Cl)c1S. The molecule has 0 radical (unpaired) electrons. The average Bonchev–Trinajstić information content (AvgIpc) is 2.07. The summed E-state index contributed by atoms with van der Waals surface area (Å²) in [5.41, 5.74) is 0.0695. The Kier molecular flexibility index (Phi) is 3.32. The summed E-state index contributed by atoms with van der Waals surface area (Å²) in [5, 5.41) is 8.71. The second-order valence-corrected chi connectivity index (χ2v) is 5.77. The van der Waals surface area contributed by atoms with Gasteiger partial charge in [0.25, 0.3) is 9.05 Å². The van der Waals surface area contributed by atoms with E-state index in [0.29, 0.717) is 0 Å². The largest absolute Gasteiger partial charge is 0.261 e. The molecular weight excluding hydrogens is 265 g/mol. The number of halogens is 2. The third kappa shape index (κ3) is 2.34. The second-order valence-electron chi connectivity index (χ2n) is 2.35. The summed E-state index contributed by atoms with van der Waals surface area (Å²) in [6, 6.07) is 4.03. The molecule has 0 amide bonds. The standard InChI is InChI=1S/C7H3Cl2NO2S2/c8-6-2-5(14(9,11)12)1-4(3-10)7(6)13/h1-2,13H. The third-order valence-electron chi connectivity index (χ3n) is 1.44. The number of thiol groups is 1. The van der Waals surface area contributed by atoms with Crippen LogP contribution in [0.25, 0.3) is 0 Å². The number of hydrogen-bond acceptors (Lipinski definition) is 4. The average molecular weight is 268 g/mol. The summed E-state index contributed by atoms with van der Waals surface area (Å²) in [5.74, 6) is 0. The molecule has 74 valence electrons. The molecule has 0 N–H and O–H groups in total. The summed E-state index contributed by atoms with van der Waals surface area (Å²) >= 11 is 9.60. The lowest BCUT2D eigenvalue weighted by Gasteiger charge is -2.02. The van der Waals surface area contributed by atoms with Gasteiger partial charge >= 0.3 is 0 Å². The van der Waals surface area contributed by atoms with Gasteiger partial charge in [-0.25, -0.2) is 8.42 Å². The maximum Gasteiger partial charge on any atom is 0.261 e. The zero-order chi connectivity index (χ0) is 10.9. The minimum Gasteiger partial charge on any atom is -0.207 e. The Balaban J connectivity index is 3.56. The molecule has 0 fully saturated rings. The molecule has 1 aromatic carbocycles. The maximum absolute atomic E-state index is 10.9. The molecule has 1 aromatic rings. The van der Waals surface area contributed by atoms with Crippen LogP contribution in [0.4, 0.5) is 0 Å². The van der Waals surface area contributed by atoms with Crippen LogP contribution in [0.3, 0.4) is 0 Å². The molecular formula is C7H3Cl2NO2S2. The zero-order valence-corrected chi connectivity index (χ0v) is 9.75. The Morgan fingerprint density at radius 2 is 2.00 bits per heavy atom. The van der Waals surface area contributed by atoms with E-state index >= 15 is 0 Å². The van der Waals surface area contributed by atoms with Gasteiger partial charge in [0.15, 0.2) is 0 Å². The number of nitrogens with zero attached hydrogens (tertiary/aromatic N) is 1. The molecule has 0 atom stereocenters. The molecule has 0 aliphatic carbocycles. The highest BCUT2D eigenvalue weighted by molar-refractivity contribution is 8.13. The predicted molar refractivity (Wildman–Crippen MR) is 56.5 cm³/mol. The van der Waals surface area contributed by atoms with E-state index in [1.807, 2.05) is 0 Å². The Bertz CT molecular complexity index is 519. The lowest BCUT2D eigenvalue weighted by molar-refractivity contribution is 0.609. The highest BCUT2D eigenvalue weighted by Crippen LogP contribution is 2.28. The van der Waals surface area contributed by atoms with Gasteiger partial charge in [0.05, 0.1) is 15.5 Å². The Morgan fingerprint density at radius 1 is 1.43 bits per heavy atom. The molecule has 0 spiro atoms. The normalized spacial score (nSPS) is 11.0. The number of rotatable bonds is 1. The van der Waals surface area contributed by atoms with E-state index in [2.05, 4.69) is 12.6 Å². The van der Waals surface area contributed by atoms with Crippen molar-refractivity contribution in [3.8, 4) is 6.07 Å². The molecule has 1 rings (SSSR count). The fourth-order valence-corrected chi connectivity index (χ4v) is 2.05. The van der Waals surface area contributed by atoms with Crippen molar-refractivity contribution in [2.45, 2.75) is 9.79 Å². The first-order valence-corrected chi connectivity index (χ1v) is 6.37. The van der Waals surface area contributed by atoms with Crippen LogP contribution in [-0.2, 0) is 9.05 Å². The monoisotopic (exact) mass is 267 g/mol. The Labute approximate surface area is 96.1 Å². The van der Waals surface area contributed by atoms with Gasteiger partial charge in [0, 0.05) is 15.6 Å². The Hall–Kier alpha value is -0.410. The summed E-state index contributed by atoms with van der Waals surface area (Å²) in [7, 11) is 1.22. The molecule has 0 aliphatic rings. The first kappa shape index (κ1) is 11.7. The molecule has 0 unspecified atom stereocenters. The van der Waals surface area contributed by atoms with E-state index in [-0.39, 0.29) is 20.4 Å². The van der Waals surface area contributed by atoms with E-state index in [1.54, 1.807) is 6.07 Å². The van der Waals surface area contributed by atoms with Crippen molar-refractivity contribution in [3.63, 3.8) is 0 Å². The van der Waals surface area contributed by atoms with Crippen LogP contribution in [0.2, 0.25) is 5.02 Å². The zero-order valence-electron chi connectivity index (χ0n) is 6.53. The van der Waals surface area contributed by atoms with Crippen molar-refractivity contribution in [1.82, 2.24) is 0 Å². The number of nitriles is 1. The van der Waals surface area contributed by atoms with E-state index in [1.165, 1.54) is 0 Å². The van der Waals surface area contributed by atoms with E-state index < -0.39 is 9.05 Å². The van der Waals surface area contributed by atoms with Crippen LogP contribution in [0.5, 0.6) is 0 Å². The van der Waals surface area contributed by atoms with Gasteiger partial charge in [0.1, 0.15) is 6.07 Å². The maximum atomic E-state index is 10.9. The van der Waals surface area contributed by atoms with Crippen LogP contribution >= 0.6 is 34.9 Å². The van der Waals surface area contributed by atoms with Gasteiger partial charge in [-0.2, -0.15) is 5.26 Å². The van der Waals surface area contributed by atoms with Gasteiger partial charge in [-0.1, -0.05) is 11.6 Å². The summed E-state index contributed by atoms with van der Waals surface area (Å²) in [6.45, 7) is 0. The van der Waals surface area contributed by atoms with Crippen LogP contribution in [0.1, 0.15) is 5.56 Å². The molecule has 0 aromatic heterocycles. The van der Waals surface area contributed by atoms with Crippen molar-refractivity contribution in [3.05, 3.63) is 22.7 Å². The fourth-order valence-electron chi connectivity index (χ4n) is 0.800. The lowest BCUT2D eigenvalue weighted by Crippen LogP contribution is -1.93. The van der Waals surface area contributed by atoms with E-state index in [9.17, 15) is 8.42 Å². The molecule has 0 aliphatic heterocycles. The third-order valence-corrected chi connectivity index (χ3v) is 3.68. The Morgan fingerprint density at radius 3 is 2.43 bits per heavy atom. The predicted octanol–water partition coefficient (Wildman–Crippen LogP) is 2.43. The molecule has 0 bridgehead atoms. The molecule has 3 nitrogen and oxygen atoms in total. The first-order valence-electron chi connectivity index (χ1n) is 3.23. The highest BCUT2D eigenvalue weighted by atomic mass is 35.7. The summed E-state index contributed by atoms with van der Waals surface area (Å²) in [6.07, 6.45) is 0. The topological polar surface area (TPSA) is 57.9 Å². The van der Waals surface area contributed by atoms with Crippen molar-refractivity contribution in [2.24, 2.45) is 0 Å². The highest BCUT2D eigenvalue weighted by Gasteiger charge is 2.14. The minimum atomic E-state index is -3.87. The van der Waals surface area contributed by atoms with Crippen molar-refractivity contribution in [2.75, 3.05) is 0 Å². The fraction of sp³-hybridized carbons (Fsp3) is 0. The molecule has 0 saturated heterocycles. The van der Waals surface area contributed by atoms with Crippen molar-refractivity contribution >= 4 is 44.0 Å². The molecule has 14 heavy (non-hydrogen) atoms. The first-order chi connectivity index (χ1) is 6.36. The smallest absolute Gasteiger partial charge is 0.207 e. The molecule has 0 heterocycles. The van der Waals surface area contributed by atoms with E-state index in [0.717, 1.165) is 12.1 Å². The number of hydrogen-bond donors (Lipinski definition) is 1. The second kappa shape index (κ2) is 3.99. The molecule has 7 heteroatoms. The van der Waals surface area contributed by atoms with Crippen molar-refractivity contribution in [1.29, 1.82) is 5.26 Å². The van der Waals surface area contributed by atoms with Gasteiger partial charge < -0.3 is 0 Å². The van der Waals surface area contributed by atoms with Gasteiger partial charge in [-0.05, 0) is 12.1 Å². The number of benzene rings is 1. The van der Waals surface area contributed by atoms with Crippen molar-refractivity contribution < 1.29 is 8.42 Å². The van der Waals surface area contributed by atoms with Crippen LogP contribution in [-0.4, -0.2) is 8.42 Å². The van der Waals surface area contributed by atoms with E-state index in [4.69, 9.17) is 27.5 Å². The minimum absolute atomic E-state index is 0.0695.